The number of ether oxygens (including phenoxy) is 1. The van der Waals surface area contributed by atoms with Gasteiger partial charge in [-0.05, 0) is 62.4 Å². The number of hydrogen-bond acceptors (Lipinski definition) is 4. The molecular weight excluding hydrogens is 418 g/mol. The third kappa shape index (κ3) is 6.34. The van der Waals surface area contributed by atoms with Crippen molar-refractivity contribution in [2.24, 2.45) is 5.92 Å². The maximum absolute atomic E-state index is 12.9. The number of rotatable bonds is 8. The predicted octanol–water partition coefficient (Wildman–Crippen LogP) is 3.18. The fourth-order valence-electron chi connectivity index (χ4n) is 4.06. The van der Waals surface area contributed by atoms with Crippen LogP contribution in [0.3, 0.4) is 0 Å². The number of aryl methyl sites for hydroxylation is 1. The zero-order valence-electron chi connectivity index (χ0n) is 19.6. The van der Waals surface area contributed by atoms with E-state index in [0.29, 0.717) is 49.4 Å². The summed E-state index contributed by atoms with van der Waals surface area (Å²) >= 11 is 0. The third-order valence-electron chi connectivity index (χ3n) is 6.05. The average Bonchev–Trinajstić information content (AvgIpc) is 2.85. The lowest BCUT2D eigenvalue weighted by molar-refractivity contribution is -0.124. The number of amides is 3. The molecule has 1 unspecified atom stereocenters. The minimum atomic E-state index is -0.639. The first-order valence-electron chi connectivity index (χ1n) is 11.5. The second-order valence-corrected chi connectivity index (χ2v) is 8.47. The Hall–Kier alpha value is -3.35. The molecule has 7 heteroatoms. The maximum atomic E-state index is 12.9. The van der Waals surface area contributed by atoms with Crippen LogP contribution in [0.4, 0.5) is 0 Å². The van der Waals surface area contributed by atoms with Crippen molar-refractivity contribution in [1.29, 1.82) is 0 Å². The fraction of sp³-hybridized carbons (Fsp3) is 0.423. The summed E-state index contributed by atoms with van der Waals surface area (Å²) in [6.07, 6.45) is 2.08. The van der Waals surface area contributed by atoms with Crippen molar-refractivity contribution >= 4 is 17.7 Å². The number of nitrogens with one attached hydrogen (secondary N) is 2. The largest absolute Gasteiger partial charge is 0.497 e. The molecule has 0 aromatic heterocycles. The number of piperidine rings is 1. The van der Waals surface area contributed by atoms with Crippen molar-refractivity contribution in [3.63, 3.8) is 0 Å². The fourth-order valence-corrected chi connectivity index (χ4v) is 4.06. The SMILES string of the molecule is CCCNC(=O)C(NC(=O)c1ccc(C)cc1)C1CCN(C(=O)c2cccc(OC)c2)CC1. The van der Waals surface area contributed by atoms with Crippen molar-refractivity contribution in [2.45, 2.75) is 39.2 Å². The van der Waals surface area contributed by atoms with E-state index in [0.717, 1.165) is 12.0 Å². The summed E-state index contributed by atoms with van der Waals surface area (Å²) in [6, 6.07) is 13.8. The van der Waals surface area contributed by atoms with E-state index in [4.69, 9.17) is 4.74 Å². The highest BCUT2D eigenvalue weighted by Crippen LogP contribution is 2.24. The van der Waals surface area contributed by atoms with Gasteiger partial charge in [0.1, 0.15) is 11.8 Å². The van der Waals surface area contributed by atoms with Gasteiger partial charge in [-0.3, -0.25) is 14.4 Å². The molecule has 0 radical (unpaired) electrons. The molecule has 2 aromatic rings. The molecule has 1 aliphatic heterocycles. The molecule has 2 N–H and O–H groups in total. The minimum Gasteiger partial charge on any atom is -0.497 e. The Bertz CT molecular complexity index is 966. The zero-order chi connectivity index (χ0) is 23.8. The van der Waals surface area contributed by atoms with Crippen molar-refractivity contribution in [3.05, 3.63) is 65.2 Å². The molecule has 1 atom stereocenters. The predicted molar refractivity (Wildman–Crippen MR) is 127 cm³/mol. The molecule has 1 aliphatic rings. The third-order valence-corrected chi connectivity index (χ3v) is 6.05. The van der Waals surface area contributed by atoms with Gasteiger partial charge in [0.15, 0.2) is 0 Å². The van der Waals surface area contributed by atoms with Crippen LogP contribution in [0, 0.1) is 12.8 Å². The highest BCUT2D eigenvalue weighted by Gasteiger charge is 2.34. The molecule has 0 aliphatic carbocycles. The number of carbonyl (C=O) groups is 3. The molecule has 1 fully saturated rings. The first kappa shape index (κ1) is 24.3. The summed E-state index contributed by atoms with van der Waals surface area (Å²) in [5, 5.41) is 5.87. The standard InChI is InChI=1S/C26H33N3O4/c1-4-14-27-25(31)23(28-24(30)20-10-8-18(2)9-11-20)19-12-15-29(16-13-19)26(32)21-6-5-7-22(17-21)33-3/h5-11,17,19,23H,4,12-16H2,1-3H3,(H,27,31)(H,28,30). The first-order valence-corrected chi connectivity index (χ1v) is 11.5. The van der Waals surface area contributed by atoms with Crippen LogP contribution in [0.15, 0.2) is 48.5 Å². The molecule has 3 rings (SSSR count). The number of benzene rings is 2. The number of carbonyl (C=O) groups excluding carboxylic acids is 3. The van der Waals surface area contributed by atoms with Gasteiger partial charge >= 0.3 is 0 Å². The van der Waals surface area contributed by atoms with E-state index < -0.39 is 6.04 Å². The van der Waals surface area contributed by atoms with Crippen LogP contribution in [-0.4, -0.2) is 55.4 Å². The van der Waals surface area contributed by atoms with Gasteiger partial charge in [0.25, 0.3) is 11.8 Å². The molecule has 1 saturated heterocycles. The maximum Gasteiger partial charge on any atom is 0.253 e. The van der Waals surface area contributed by atoms with Gasteiger partial charge in [0, 0.05) is 30.8 Å². The van der Waals surface area contributed by atoms with Crippen LogP contribution >= 0.6 is 0 Å². The number of hydrogen-bond donors (Lipinski definition) is 2. The lowest BCUT2D eigenvalue weighted by atomic mass is 9.88. The van der Waals surface area contributed by atoms with Crippen LogP contribution in [-0.2, 0) is 4.79 Å². The summed E-state index contributed by atoms with van der Waals surface area (Å²) in [5.41, 5.74) is 2.18. The van der Waals surface area contributed by atoms with E-state index in [1.807, 2.05) is 26.0 Å². The Morgan fingerprint density at radius 1 is 1.06 bits per heavy atom. The molecule has 176 valence electrons. The first-order chi connectivity index (χ1) is 15.9. The van der Waals surface area contributed by atoms with Crippen molar-refractivity contribution in [3.8, 4) is 5.75 Å². The Morgan fingerprint density at radius 3 is 2.39 bits per heavy atom. The molecule has 0 saturated carbocycles. The van der Waals surface area contributed by atoms with E-state index in [-0.39, 0.29) is 23.6 Å². The molecule has 0 spiro atoms. The van der Waals surface area contributed by atoms with Crippen LogP contribution in [0.2, 0.25) is 0 Å². The highest BCUT2D eigenvalue weighted by molar-refractivity contribution is 5.98. The zero-order valence-corrected chi connectivity index (χ0v) is 19.6. The lowest BCUT2D eigenvalue weighted by Crippen LogP contribution is -2.54. The van der Waals surface area contributed by atoms with E-state index in [1.165, 1.54) is 0 Å². The molecule has 33 heavy (non-hydrogen) atoms. The van der Waals surface area contributed by atoms with Crippen LogP contribution in [0.25, 0.3) is 0 Å². The van der Waals surface area contributed by atoms with Crippen LogP contribution in [0.5, 0.6) is 5.75 Å². The monoisotopic (exact) mass is 451 g/mol. The van der Waals surface area contributed by atoms with Gasteiger partial charge in [-0.15, -0.1) is 0 Å². The normalized spacial score (nSPS) is 14.9. The summed E-state index contributed by atoms with van der Waals surface area (Å²) < 4.78 is 5.22. The quantitative estimate of drug-likeness (QED) is 0.645. The van der Waals surface area contributed by atoms with Crippen molar-refractivity contribution < 1.29 is 19.1 Å². The molecule has 2 aromatic carbocycles. The summed E-state index contributed by atoms with van der Waals surface area (Å²) in [7, 11) is 1.57. The molecule has 0 bridgehead atoms. The summed E-state index contributed by atoms with van der Waals surface area (Å²) in [6.45, 7) is 5.56. The summed E-state index contributed by atoms with van der Waals surface area (Å²) in [4.78, 5) is 40.5. The van der Waals surface area contributed by atoms with E-state index in [2.05, 4.69) is 10.6 Å². The molecule has 3 amide bonds. The van der Waals surface area contributed by atoms with Gasteiger partial charge in [0.2, 0.25) is 5.91 Å². The molecular formula is C26H33N3O4. The van der Waals surface area contributed by atoms with Gasteiger partial charge in [-0.25, -0.2) is 0 Å². The molecule has 7 nitrogen and oxygen atoms in total. The van der Waals surface area contributed by atoms with Crippen LogP contribution in [0.1, 0.15) is 52.5 Å². The van der Waals surface area contributed by atoms with Crippen molar-refractivity contribution in [2.75, 3.05) is 26.7 Å². The lowest BCUT2D eigenvalue weighted by Gasteiger charge is -2.36. The van der Waals surface area contributed by atoms with Crippen molar-refractivity contribution in [1.82, 2.24) is 15.5 Å². The minimum absolute atomic E-state index is 0.0504. The topological polar surface area (TPSA) is 87.7 Å². The second-order valence-electron chi connectivity index (χ2n) is 8.47. The van der Waals surface area contributed by atoms with Gasteiger partial charge in [-0.2, -0.15) is 0 Å². The van der Waals surface area contributed by atoms with E-state index in [9.17, 15) is 14.4 Å². The Balaban J connectivity index is 1.67. The van der Waals surface area contributed by atoms with Gasteiger partial charge in [0.05, 0.1) is 7.11 Å². The molecule has 1 heterocycles. The van der Waals surface area contributed by atoms with Crippen LogP contribution < -0.4 is 15.4 Å². The smallest absolute Gasteiger partial charge is 0.253 e. The average molecular weight is 452 g/mol. The number of methoxy groups -OCH3 is 1. The van der Waals surface area contributed by atoms with E-state index >= 15 is 0 Å². The second kappa shape index (κ2) is 11.5. The highest BCUT2D eigenvalue weighted by atomic mass is 16.5. The summed E-state index contributed by atoms with van der Waals surface area (Å²) in [5.74, 6) is 0.104. The Morgan fingerprint density at radius 2 is 1.76 bits per heavy atom. The Kier molecular flexibility index (Phi) is 8.46. The number of likely N-dealkylation sites (tertiary alicyclic amines) is 1. The van der Waals surface area contributed by atoms with Gasteiger partial charge < -0.3 is 20.3 Å². The van der Waals surface area contributed by atoms with E-state index in [1.54, 1.807) is 48.4 Å². The Labute approximate surface area is 195 Å². The number of nitrogens with zero attached hydrogens (tertiary/aromatic N) is 1. The van der Waals surface area contributed by atoms with Gasteiger partial charge in [-0.1, -0.05) is 30.7 Å².